The van der Waals surface area contributed by atoms with Crippen LogP contribution in [0.3, 0.4) is 0 Å². The van der Waals surface area contributed by atoms with Gasteiger partial charge in [0.2, 0.25) is 5.91 Å². The number of rotatable bonds is 15. The number of esters is 3. The minimum atomic E-state index is -1.05. The van der Waals surface area contributed by atoms with Crippen LogP contribution in [0.5, 0.6) is 0 Å². The number of nitrogens with one attached hydrogen (secondary N) is 1. The van der Waals surface area contributed by atoms with Crippen molar-refractivity contribution in [2.75, 3.05) is 17.7 Å². The van der Waals surface area contributed by atoms with Gasteiger partial charge in [0.05, 0.1) is 0 Å². The zero-order chi connectivity index (χ0) is 25.5. The molecule has 9 nitrogen and oxygen atoms in total. The topological polar surface area (TPSA) is 117 Å². The lowest BCUT2D eigenvalue weighted by Crippen LogP contribution is -2.65. The molecular weight excluding hydrogens is 530 g/mol. The maximum absolute atomic E-state index is 11.9. The molecule has 196 valence electrons. The SMILES string of the molecule is CC(=O)NC1C(SCCCCCCCCCBr)OC(COC(C)=O)C(OC(C)=O)C1OC(C)=O. The monoisotopic (exact) mass is 567 g/mol. The summed E-state index contributed by atoms with van der Waals surface area (Å²) in [4.78, 5) is 47.0. The fourth-order valence-corrected chi connectivity index (χ4v) is 5.36. The summed E-state index contributed by atoms with van der Waals surface area (Å²) < 4.78 is 22.2. The number of amides is 1. The van der Waals surface area contributed by atoms with E-state index in [1.165, 1.54) is 65.1 Å². The van der Waals surface area contributed by atoms with Gasteiger partial charge in [-0.05, 0) is 18.6 Å². The summed E-state index contributed by atoms with van der Waals surface area (Å²) in [5.74, 6) is -1.27. The number of hydrogen-bond acceptors (Lipinski definition) is 9. The van der Waals surface area contributed by atoms with Crippen LogP contribution in [-0.2, 0) is 38.1 Å². The predicted molar refractivity (Wildman–Crippen MR) is 133 cm³/mol. The minimum absolute atomic E-state index is 0.177. The van der Waals surface area contributed by atoms with Crippen molar-refractivity contribution in [3.8, 4) is 0 Å². The van der Waals surface area contributed by atoms with Crippen molar-refractivity contribution in [1.82, 2.24) is 5.32 Å². The van der Waals surface area contributed by atoms with Crippen LogP contribution in [0, 0.1) is 0 Å². The van der Waals surface area contributed by atoms with Crippen LogP contribution in [0.25, 0.3) is 0 Å². The molecule has 1 N–H and O–H groups in total. The van der Waals surface area contributed by atoms with Crippen LogP contribution >= 0.6 is 27.7 Å². The molecule has 0 aromatic rings. The lowest BCUT2D eigenvalue weighted by molar-refractivity contribution is -0.211. The number of unbranched alkanes of at least 4 members (excludes halogenated alkanes) is 6. The number of thioether (sulfide) groups is 1. The summed E-state index contributed by atoms with van der Waals surface area (Å²) in [6.45, 7) is 4.91. The average molecular weight is 569 g/mol. The first-order valence-electron chi connectivity index (χ1n) is 11.7. The van der Waals surface area contributed by atoms with Crippen molar-refractivity contribution in [2.24, 2.45) is 0 Å². The highest BCUT2D eigenvalue weighted by Gasteiger charge is 2.50. The Morgan fingerprint density at radius 3 is 1.91 bits per heavy atom. The number of alkyl halides is 1. The second kappa shape index (κ2) is 17.2. The second-order valence-electron chi connectivity index (χ2n) is 8.25. The molecule has 1 rings (SSSR count). The zero-order valence-corrected chi connectivity index (χ0v) is 22.9. The quantitative estimate of drug-likeness (QED) is 0.137. The molecule has 1 amide bonds. The van der Waals surface area contributed by atoms with Gasteiger partial charge in [0.15, 0.2) is 12.2 Å². The number of halogens is 1. The van der Waals surface area contributed by atoms with Gasteiger partial charge in [0, 0.05) is 33.0 Å². The molecule has 0 aromatic heterocycles. The van der Waals surface area contributed by atoms with Crippen molar-refractivity contribution < 1.29 is 38.1 Å². The van der Waals surface area contributed by atoms with E-state index in [2.05, 4.69) is 21.2 Å². The molecule has 0 aliphatic carbocycles. The van der Waals surface area contributed by atoms with Crippen LogP contribution in [0.1, 0.15) is 72.6 Å². The van der Waals surface area contributed by atoms with Crippen LogP contribution < -0.4 is 5.32 Å². The van der Waals surface area contributed by atoms with Crippen molar-refractivity contribution in [2.45, 2.75) is 102 Å². The molecule has 1 heterocycles. The third-order valence-electron chi connectivity index (χ3n) is 5.13. The van der Waals surface area contributed by atoms with Gasteiger partial charge in [-0.2, -0.15) is 0 Å². The lowest BCUT2D eigenvalue weighted by Gasteiger charge is -2.45. The van der Waals surface area contributed by atoms with E-state index in [9.17, 15) is 19.2 Å². The first-order valence-corrected chi connectivity index (χ1v) is 13.9. The van der Waals surface area contributed by atoms with Crippen LogP contribution in [-0.4, -0.2) is 71.3 Å². The molecular formula is C23H38BrNO8S. The van der Waals surface area contributed by atoms with E-state index in [-0.39, 0.29) is 12.5 Å². The molecule has 5 unspecified atom stereocenters. The molecule has 0 radical (unpaired) electrons. The number of hydrogen-bond donors (Lipinski definition) is 1. The van der Waals surface area contributed by atoms with Crippen LogP contribution in [0.2, 0.25) is 0 Å². The van der Waals surface area contributed by atoms with E-state index in [4.69, 9.17) is 18.9 Å². The molecule has 0 aromatic carbocycles. The van der Waals surface area contributed by atoms with E-state index in [0.29, 0.717) is 0 Å². The zero-order valence-electron chi connectivity index (χ0n) is 20.5. The number of carbonyl (C=O) groups is 4. The summed E-state index contributed by atoms with van der Waals surface area (Å²) in [5.41, 5.74) is -0.584. The van der Waals surface area contributed by atoms with Crippen molar-refractivity contribution >= 4 is 51.5 Å². The highest BCUT2D eigenvalue weighted by Crippen LogP contribution is 2.33. The Morgan fingerprint density at radius 1 is 0.824 bits per heavy atom. The molecule has 1 aliphatic rings. The van der Waals surface area contributed by atoms with Crippen molar-refractivity contribution in [3.05, 3.63) is 0 Å². The Morgan fingerprint density at radius 2 is 1.38 bits per heavy atom. The van der Waals surface area contributed by atoms with E-state index < -0.39 is 47.7 Å². The van der Waals surface area contributed by atoms with Crippen molar-refractivity contribution in [3.63, 3.8) is 0 Å². The standard InChI is InChI=1S/C23H38BrNO8S/c1-15(26)25-20-22(32-18(4)29)21(31-17(3)28)19(14-30-16(2)27)33-23(20)34-13-11-9-7-5-6-8-10-12-24/h19-23H,5-14H2,1-4H3,(H,25,26). The summed E-state index contributed by atoms with van der Waals surface area (Å²) in [6.07, 6.45) is 5.18. The highest BCUT2D eigenvalue weighted by atomic mass is 79.9. The molecule has 34 heavy (non-hydrogen) atoms. The van der Waals surface area contributed by atoms with Crippen LogP contribution in [0.4, 0.5) is 0 Å². The van der Waals surface area contributed by atoms with Gasteiger partial charge in [-0.1, -0.05) is 48.0 Å². The molecule has 1 fully saturated rings. The van der Waals surface area contributed by atoms with Gasteiger partial charge < -0.3 is 24.3 Å². The Balaban J connectivity index is 2.89. The molecule has 1 aliphatic heterocycles. The molecule has 11 heteroatoms. The van der Waals surface area contributed by atoms with Crippen LogP contribution in [0.15, 0.2) is 0 Å². The molecule has 0 spiro atoms. The first-order chi connectivity index (χ1) is 16.1. The smallest absolute Gasteiger partial charge is 0.303 e. The molecule has 5 atom stereocenters. The Bertz CT molecular complexity index is 665. The summed E-state index contributed by atoms with van der Waals surface area (Å²) in [7, 11) is 0. The Labute approximate surface area is 214 Å². The highest BCUT2D eigenvalue weighted by molar-refractivity contribution is 9.09. The molecule has 0 saturated carbocycles. The lowest BCUT2D eigenvalue weighted by atomic mass is 9.97. The summed E-state index contributed by atoms with van der Waals surface area (Å²) in [6, 6.07) is -0.742. The first kappa shape index (κ1) is 30.7. The maximum atomic E-state index is 11.9. The second-order valence-corrected chi connectivity index (χ2v) is 10.3. The summed E-state index contributed by atoms with van der Waals surface area (Å²) in [5, 5.41) is 3.84. The van der Waals surface area contributed by atoms with Gasteiger partial charge in [-0.15, -0.1) is 11.8 Å². The Kier molecular flexibility index (Phi) is 15.5. The van der Waals surface area contributed by atoms with E-state index in [1.54, 1.807) is 0 Å². The van der Waals surface area contributed by atoms with Crippen molar-refractivity contribution in [1.29, 1.82) is 0 Å². The van der Waals surface area contributed by atoms with Gasteiger partial charge in [-0.25, -0.2) is 0 Å². The Hall–Kier alpha value is -1.33. The average Bonchev–Trinajstić information content (AvgIpc) is 2.74. The third kappa shape index (κ3) is 12.4. The van der Waals surface area contributed by atoms with Gasteiger partial charge >= 0.3 is 17.9 Å². The maximum Gasteiger partial charge on any atom is 0.303 e. The number of ether oxygens (including phenoxy) is 4. The molecule has 1 saturated heterocycles. The minimum Gasteiger partial charge on any atom is -0.463 e. The van der Waals surface area contributed by atoms with E-state index in [0.717, 1.165) is 30.3 Å². The normalized spacial score (nSPS) is 24.2. The fourth-order valence-electron chi connectivity index (χ4n) is 3.71. The largest absolute Gasteiger partial charge is 0.463 e. The fraction of sp³-hybridized carbons (Fsp3) is 0.826. The van der Waals surface area contributed by atoms with E-state index in [1.807, 2.05) is 0 Å². The van der Waals surface area contributed by atoms with Gasteiger partial charge in [-0.3, -0.25) is 19.2 Å². The molecule has 0 bridgehead atoms. The summed E-state index contributed by atoms with van der Waals surface area (Å²) >= 11 is 4.94. The number of carbonyl (C=O) groups excluding carboxylic acids is 4. The predicted octanol–water partition coefficient (Wildman–Crippen LogP) is 3.50. The third-order valence-corrected chi connectivity index (χ3v) is 6.95. The van der Waals surface area contributed by atoms with Gasteiger partial charge in [0.25, 0.3) is 0 Å². The van der Waals surface area contributed by atoms with Gasteiger partial charge in [0.1, 0.15) is 24.2 Å². The van der Waals surface area contributed by atoms with E-state index >= 15 is 0 Å².